The van der Waals surface area contributed by atoms with Crippen LogP contribution in [0.4, 0.5) is 5.69 Å². The Morgan fingerprint density at radius 3 is 2.53 bits per heavy atom. The Kier molecular flexibility index (Phi) is 3.96. The Hall–Kier alpha value is -1.75. The summed E-state index contributed by atoms with van der Waals surface area (Å²) >= 11 is 0. The molecule has 0 radical (unpaired) electrons. The Bertz CT molecular complexity index is 411. The van der Waals surface area contributed by atoms with Gasteiger partial charge >= 0.3 is 0 Å². The lowest BCUT2D eigenvalue weighted by Gasteiger charge is -2.19. The van der Waals surface area contributed by atoms with E-state index in [1.54, 1.807) is 18.2 Å². The summed E-state index contributed by atoms with van der Waals surface area (Å²) in [5.41, 5.74) is 8.45. The molecule has 0 bridgehead atoms. The van der Waals surface area contributed by atoms with E-state index < -0.39 is 5.60 Å². The summed E-state index contributed by atoms with van der Waals surface area (Å²) in [6.07, 6.45) is 0. The topological polar surface area (TPSA) is 73.6 Å². The van der Waals surface area contributed by atoms with Crippen molar-refractivity contribution >= 4 is 11.6 Å². The lowest BCUT2D eigenvalue weighted by atomic mass is 10.1. The van der Waals surface area contributed by atoms with Gasteiger partial charge in [0.1, 0.15) is 5.75 Å². The maximum absolute atomic E-state index is 11.8. The predicted octanol–water partition coefficient (Wildman–Crippen LogP) is 1.74. The minimum atomic E-state index is -0.448. The van der Waals surface area contributed by atoms with Crippen LogP contribution in [0.3, 0.4) is 0 Å². The van der Waals surface area contributed by atoms with Crippen LogP contribution in [0, 0.1) is 0 Å². The van der Waals surface area contributed by atoms with Crippen molar-refractivity contribution in [2.75, 3.05) is 12.8 Å². The number of methoxy groups -OCH3 is 1. The third-order valence-electron chi connectivity index (χ3n) is 1.92. The number of carbonyl (C=O) groups is 1. The Morgan fingerprint density at radius 1 is 1.35 bits per heavy atom. The molecule has 0 aliphatic carbocycles. The number of nitrogens with two attached hydrogens (primary N) is 1. The molecule has 0 atom stereocenters. The first-order valence-corrected chi connectivity index (χ1v) is 5.25. The van der Waals surface area contributed by atoms with E-state index in [0.717, 1.165) is 0 Å². The van der Waals surface area contributed by atoms with Crippen LogP contribution in [-0.4, -0.2) is 18.6 Å². The fraction of sp³-hybridized carbons (Fsp3) is 0.417. The highest BCUT2D eigenvalue weighted by atomic mass is 16.7. The lowest BCUT2D eigenvalue weighted by Crippen LogP contribution is -2.33. The van der Waals surface area contributed by atoms with Gasteiger partial charge in [0.05, 0.1) is 18.3 Å². The van der Waals surface area contributed by atoms with Gasteiger partial charge in [0.15, 0.2) is 0 Å². The Morgan fingerprint density at radius 2 is 2.00 bits per heavy atom. The Labute approximate surface area is 101 Å². The molecule has 94 valence electrons. The lowest BCUT2D eigenvalue weighted by molar-refractivity contribution is -0.0590. The molecule has 1 aromatic carbocycles. The molecular weight excluding hydrogens is 220 g/mol. The maximum Gasteiger partial charge on any atom is 0.278 e. The maximum atomic E-state index is 11.8. The molecule has 0 saturated heterocycles. The monoisotopic (exact) mass is 238 g/mol. The van der Waals surface area contributed by atoms with E-state index in [9.17, 15) is 4.79 Å². The fourth-order valence-corrected chi connectivity index (χ4v) is 1.15. The minimum absolute atomic E-state index is 0.364. The normalized spacial score (nSPS) is 11.1. The van der Waals surface area contributed by atoms with E-state index >= 15 is 0 Å². The van der Waals surface area contributed by atoms with Gasteiger partial charge in [0.2, 0.25) is 0 Å². The van der Waals surface area contributed by atoms with E-state index in [2.05, 4.69) is 5.48 Å². The largest absolute Gasteiger partial charge is 0.496 e. The molecule has 0 aliphatic heterocycles. The average molecular weight is 238 g/mol. The predicted molar refractivity (Wildman–Crippen MR) is 65.7 cm³/mol. The molecule has 17 heavy (non-hydrogen) atoms. The van der Waals surface area contributed by atoms with Gasteiger partial charge in [-0.05, 0) is 32.9 Å². The first-order chi connectivity index (χ1) is 7.83. The molecule has 0 unspecified atom stereocenters. The van der Waals surface area contributed by atoms with E-state index in [4.69, 9.17) is 15.3 Å². The van der Waals surface area contributed by atoms with E-state index in [-0.39, 0.29) is 5.91 Å². The number of hydrogen-bond acceptors (Lipinski definition) is 4. The minimum Gasteiger partial charge on any atom is -0.496 e. The van der Waals surface area contributed by atoms with Crippen molar-refractivity contribution in [2.45, 2.75) is 26.4 Å². The van der Waals surface area contributed by atoms with Crippen LogP contribution in [0.1, 0.15) is 31.1 Å². The van der Waals surface area contributed by atoms with Crippen LogP contribution in [0.25, 0.3) is 0 Å². The zero-order chi connectivity index (χ0) is 13.1. The summed E-state index contributed by atoms with van der Waals surface area (Å²) in [6.45, 7) is 5.52. The molecule has 1 rings (SSSR count). The molecule has 0 heterocycles. The van der Waals surface area contributed by atoms with E-state index in [1.165, 1.54) is 7.11 Å². The molecule has 0 aromatic heterocycles. The second kappa shape index (κ2) is 5.05. The first-order valence-electron chi connectivity index (χ1n) is 5.25. The van der Waals surface area contributed by atoms with Crippen LogP contribution in [-0.2, 0) is 4.84 Å². The van der Waals surface area contributed by atoms with Gasteiger partial charge in [0.25, 0.3) is 5.91 Å². The van der Waals surface area contributed by atoms with Crippen molar-refractivity contribution in [3.8, 4) is 5.75 Å². The standard InChI is InChI=1S/C12H18N2O3/c1-12(2,3)17-14-11(15)9-6-5-8(13)7-10(9)16-4/h5-7H,13H2,1-4H3,(H,14,15). The first kappa shape index (κ1) is 13.3. The van der Waals surface area contributed by atoms with Crippen LogP contribution in [0.2, 0.25) is 0 Å². The summed E-state index contributed by atoms with van der Waals surface area (Å²) in [5.74, 6) is 0.0526. The second-order valence-corrected chi connectivity index (χ2v) is 4.61. The van der Waals surface area contributed by atoms with E-state index in [0.29, 0.717) is 17.0 Å². The Balaban J connectivity index is 2.82. The van der Waals surface area contributed by atoms with Crippen LogP contribution < -0.4 is 16.0 Å². The number of nitrogens with one attached hydrogen (secondary N) is 1. The SMILES string of the molecule is COc1cc(N)ccc1C(=O)NOC(C)(C)C. The number of carbonyl (C=O) groups excluding carboxylic acids is 1. The molecule has 0 aliphatic rings. The van der Waals surface area contributed by atoms with Crippen LogP contribution >= 0.6 is 0 Å². The third kappa shape index (κ3) is 3.96. The summed E-state index contributed by atoms with van der Waals surface area (Å²) < 4.78 is 5.08. The molecule has 0 fully saturated rings. The van der Waals surface area contributed by atoms with Gasteiger partial charge in [-0.2, -0.15) is 0 Å². The highest BCUT2D eigenvalue weighted by Crippen LogP contribution is 2.21. The van der Waals surface area contributed by atoms with Crippen molar-refractivity contribution in [3.63, 3.8) is 0 Å². The number of benzene rings is 1. The number of hydroxylamine groups is 1. The molecule has 0 spiro atoms. The van der Waals surface area contributed by atoms with Crippen molar-refractivity contribution in [1.82, 2.24) is 5.48 Å². The highest BCUT2D eigenvalue weighted by Gasteiger charge is 2.16. The second-order valence-electron chi connectivity index (χ2n) is 4.61. The van der Waals surface area contributed by atoms with Crippen LogP contribution in [0.5, 0.6) is 5.75 Å². The van der Waals surface area contributed by atoms with Gasteiger partial charge in [-0.15, -0.1) is 0 Å². The molecule has 5 nitrogen and oxygen atoms in total. The summed E-state index contributed by atoms with van der Waals surface area (Å²) in [7, 11) is 1.48. The fourth-order valence-electron chi connectivity index (χ4n) is 1.15. The van der Waals surface area contributed by atoms with Gasteiger partial charge < -0.3 is 10.5 Å². The summed E-state index contributed by atoms with van der Waals surface area (Å²) in [5, 5.41) is 0. The molecule has 5 heteroatoms. The van der Waals surface area contributed by atoms with Gasteiger partial charge in [-0.3, -0.25) is 9.63 Å². The molecule has 0 saturated carbocycles. The van der Waals surface area contributed by atoms with Crippen LogP contribution in [0.15, 0.2) is 18.2 Å². The summed E-state index contributed by atoms with van der Waals surface area (Å²) in [6, 6.07) is 4.82. The zero-order valence-corrected chi connectivity index (χ0v) is 10.5. The number of rotatable bonds is 3. The van der Waals surface area contributed by atoms with Crippen molar-refractivity contribution in [2.24, 2.45) is 0 Å². The summed E-state index contributed by atoms with van der Waals surface area (Å²) in [4.78, 5) is 17.0. The van der Waals surface area contributed by atoms with Gasteiger partial charge in [0, 0.05) is 11.8 Å². The van der Waals surface area contributed by atoms with Crippen molar-refractivity contribution in [3.05, 3.63) is 23.8 Å². The van der Waals surface area contributed by atoms with Gasteiger partial charge in [-0.1, -0.05) is 0 Å². The quantitative estimate of drug-likeness (QED) is 0.621. The average Bonchev–Trinajstić information content (AvgIpc) is 2.24. The highest BCUT2D eigenvalue weighted by molar-refractivity contribution is 5.96. The molecular formula is C12H18N2O3. The van der Waals surface area contributed by atoms with Gasteiger partial charge in [-0.25, -0.2) is 5.48 Å². The van der Waals surface area contributed by atoms with Crippen molar-refractivity contribution in [1.29, 1.82) is 0 Å². The molecule has 3 N–H and O–H groups in total. The molecule has 1 aromatic rings. The van der Waals surface area contributed by atoms with Crippen molar-refractivity contribution < 1.29 is 14.4 Å². The number of hydrogen-bond donors (Lipinski definition) is 2. The smallest absolute Gasteiger partial charge is 0.278 e. The number of amides is 1. The molecule has 1 amide bonds. The van der Waals surface area contributed by atoms with E-state index in [1.807, 2.05) is 20.8 Å². The third-order valence-corrected chi connectivity index (χ3v) is 1.92. The number of anilines is 1. The zero-order valence-electron chi connectivity index (χ0n) is 10.5. The number of nitrogen functional groups attached to an aromatic ring is 1. The number of ether oxygens (including phenoxy) is 1.